The van der Waals surface area contributed by atoms with Gasteiger partial charge in [0.2, 0.25) is 0 Å². The van der Waals surface area contributed by atoms with Crippen molar-refractivity contribution < 1.29 is 9.50 Å². The topological polar surface area (TPSA) is 32.6 Å². The summed E-state index contributed by atoms with van der Waals surface area (Å²) in [6.45, 7) is 4.35. The molecule has 1 N–H and O–H groups in total. The van der Waals surface area contributed by atoms with E-state index in [1.807, 2.05) is 6.92 Å². The number of rotatable bonds is 2. The summed E-state index contributed by atoms with van der Waals surface area (Å²) in [5, 5.41) is 9.37. The first-order valence-electron chi connectivity index (χ1n) is 4.15. The largest absolute Gasteiger partial charge is 0.507 e. The summed E-state index contributed by atoms with van der Waals surface area (Å²) in [7, 11) is 0. The summed E-state index contributed by atoms with van der Waals surface area (Å²) >= 11 is 0. The number of halogens is 1. The highest BCUT2D eigenvalue weighted by Crippen LogP contribution is 2.18. The Labute approximate surface area is 76.7 Å². The fourth-order valence-electron chi connectivity index (χ4n) is 1.13. The molecule has 0 aromatic heterocycles. The van der Waals surface area contributed by atoms with Crippen molar-refractivity contribution in [3.63, 3.8) is 0 Å². The highest BCUT2D eigenvalue weighted by Gasteiger charge is 2.04. The minimum atomic E-state index is -0.439. The highest BCUT2D eigenvalue weighted by molar-refractivity contribution is 6.00. The second-order valence-corrected chi connectivity index (χ2v) is 2.72. The first kappa shape index (κ1) is 9.71. The molecule has 0 aliphatic rings. The number of phenolic OH excluding ortho intramolecular Hbond substituents is 1. The fraction of sp³-hybridized carbons (Fsp3) is 0.300. The number of hydrogen-bond acceptors (Lipinski definition) is 2. The quantitative estimate of drug-likeness (QED) is 0.698. The van der Waals surface area contributed by atoms with Gasteiger partial charge in [-0.05, 0) is 26.0 Å². The number of aromatic hydroxyl groups is 1. The van der Waals surface area contributed by atoms with Crippen molar-refractivity contribution in [1.82, 2.24) is 0 Å². The third-order valence-electron chi connectivity index (χ3n) is 1.74. The predicted octanol–water partition coefficient (Wildman–Crippen LogP) is 2.36. The molecule has 2 nitrogen and oxygen atoms in total. The second-order valence-electron chi connectivity index (χ2n) is 2.72. The number of phenols is 1. The average Bonchev–Trinajstić information content (AvgIpc) is 2.04. The van der Waals surface area contributed by atoms with E-state index < -0.39 is 5.82 Å². The zero-order valence-electron chi connectivity index (χ0n) is 7.71. The van der Waals surface area contributed by atoms with Gasteiger partial charge in [0.05, 0.1) is 0 Å². The lowest BCUT2D eigenvalue weighted by molar-refractivity contribution is 0.468. The molecule has 1 aromatic carbocycles. The Balaban J connectivity index is 3.09. The Hall–Kier alpha value is -1.38. The van der Waals surface area contributed by atoms with E-state index in [2.05, 4.69) is 4.99 Å². The Bertz CT molecular complexity index is 334. The standard InChI is InChI=1S/C10H12FNO/c1-3-12-7(2)9-5-4-8(11)6-10(9)13/h4-6,13H,3H2,1-2H3. The highest BCUT2D eigenvalue weighted by atomic mass is 19.1. The van der Waals surface area contributed by atoms with Crippen LogP contribution < -0.4 is 0 Å². The lowest BCUT2D eigenvalue weighted by Crippen LogP contribution is -1.96. The van der Waals surface area contributed by atoms with Crippen molar-refractivity contribution in [1.29, 1.82) is 0 Å². The summed E-state index contributed by atoms with van der Waals surface area (Å²) in [5.41, 5.74) is 1.31. The zero-order chi connectivity index (χ0) is 9.84. The van der Waals surface area contributed by atoms with E-state index in [9.17, 15) is 9.50 Å². The molecule has 0 radical (unpaired) electrons. The van der Waals surface area contributed by atoms with Crippen molar-refractivity contribution in [3.8, 4) is 5.75 Å². The van der Waals surface area contributed by atoms with Gasteiger partial charge in [-0.25, -0.2) is 4.39 Å². The first-order chi connectivity index (χ1) is 6.15. The van der Waals surface area contributed by atoms with Gasteiger partial charge in [-0.2, -0.15) is 0 Å². The van der Waals surface area contributed by atoms with E-state index in [0.717, 1.165) is 11.8 Å². The molecule has 0 unspecified atom stereocenters. The van der Waals surface area contributed by atoms with Crippen LogP contribution in [-0.4, -0.2) is 17.4 Å². The van der Waals surface area contributed by atoms with Crippen LogP contribution in [0, 0.1) is 5.82 Å². The van der Waals surface area contributed by atoms with Crippen LogP contribution in [0.5, 0.6) is 5.75 Å². The maximum absolute atomic E-state index is 12.6. The van der Waals surface area contributed by atoms with Crippen LogP contribution in [0.1, 0.15) is 19.4 Å². The molecule has 13 heavy (non-hydrogen) atoms. The van der Waals surface area contributed by atoms with Gasteiger partial charge in [-0.1, -0.05) is 0 Å². The number of nitrogens with zero attached hydrogens (tertiary/aromatic N) is 1. The summed E-state index contributed by atoms with van der Waals surface area (Å²) in [6, 6.07) is 3.92. The third-order valence-corrected chi connectivity index (χ3v) is 1.74. The van der Waals surface area contributed by atoms with Crippen LogP contribution in [0.3, 0.4) is 0 Å². The second kappa shape index (κ2) is 4.03. The molecule has 0 aliphatic carbocycles. The molecule has 1 rings (SSSR count). The maximum atomic E-state index is 12.6. The van der Waals surface area contributed by atoms with E-state index in [-0.39, 0.29) is 5.75 Å². The molecule has 0 saturated carbocycles. The van der Waals surface area contributed by atoms with Crippen molar-refractivity contribution in [3.05, 3.63) is 29.6 Å². The van der Waals surface area contributed by atoms with E-state index >= 15 is 0 Å². The molecule has 70 valence electrons. The lowest BCUT2D eigenvalue weighted by Gasteiger charge is -2.03. The van der Waals surface area contributed by atoms with Crippen molar-refractivity contribution in [2.45, 2.75) is 13.8 Å². The Kier molecular flexibility index (Phi) is 3.01. The molecule has 3 heteroatoms. The maximum Gasteiger partial charge on any atom is 0.127 e. The molecule has 0 spiro atoms. The monoisotopic (exact) mass is 181 g/mol. The van der Waals surface area contributed by atoms with Crippen LogP contribution in [0.2, 0.25) is 0 Å². The normalized spacial score (nSPS) is 11.8. The lowest BCUT2D eigenvalue weighted by atomic mass is 10.1. The van der Waals surface area contributed by atoms with Gasteiger partial charge in [0.1, 0.15) is 11.6 Å². The van der Waals surface area contributed by atoms with Gasteiger partial charge in [-0.15, -0.1) is 0 Å². The average molecular weight is 181 g/mol. The van der Waals surface area contributed by atoms with Crippen LogP contribution in [0.15, 0.2) is 23.2 Å². The van der Waals surface area contributed by atoms with Crippen LogP contribution in [0.25, 0.3) is 0 Å². The van der Waals surface area contributed by atoms with Crippen LogP contribution in [0.4, 0.5) is 4.39 Å². The summed E-state index contributed by atoms with van der Waals surface area (Å²) in [6.07, 6.45) is 0. The van der Waals surface area contributed by atoms with Crippen molar-refractivity contribution >= 4 is 5.71 Å². The Morgan fingerprint density at radius 1 is 1.54 bits per heavy atom. The van der Waals surface area contributed by atoms with E-state index in [0.29, 0.717) is 12.1 Å². The predicted molar refractivity (Wildman–Crippen MR) is 50.8 cm³/mol. The number of hydrogen-bond donors (Lipinski definition) is 1. The molecular weight excluding hydrogens is 169 g/mol. The van der Waals surface area contributed by atoms with Gasteiger partial charge < -0.3 is 5.11 Å². The van der Waals surface area contributed by atoms with Gasteiger partial charge in [0, 0.05) is 23.9 Å². The summed E-state index contributed by atoms with van der Waals surface area (Å²) in [5.74, 6) is -0.500. The molecule has 0 saturated heterocycles. The smallest absolute Gasteiger partial charge is 0.127 e. The molecule has 0 bridgehead atoms. The minimum absolute atomic E-state index is 0.0605. The third kappa shape index (κ3) is 2.28. The molecule has 0 aliphatic heterocycles. The van der Waals surface area contributed by atoms with Crippen molar-refractivity contribution in [2.24, 2.45) is 4.99 Å². The molecule has 0 fully saturated rings. The van der Waals surface area contributed by atoms with E-state index in [1.54, 1.807) is 6.92 Å². The summed E-state index contributed by atoms with van der Waals surface area (Å²) < 4.78 is 12.6. The van der Waals surface area contributed by atoms with Gasteiger partial charge >= 0.3 is 0 Å². The SMILES string of the molecule is CCN=C(C)c1ccc(F)cc1O. The number of aliphatic imine (C=N–C) groups is 1. The molecule has 0 atom stereocenters. The Morgan fingerprint density at radius 3 is 2.77 bits per heavy atom. The Morgan fingerprint density at radius 2 is 2.23 bits per heavy atom. The van der Waals surface area contributed by atoms with Crippen LogP contribution in [-0.2, 0) is 0 Å². The first-order valence-corrected chi connectivity index (χ1v) is 4.15. The van der Waals surface area contributed by atoms with Crippen LogP contribution >= 0.6 is 0 Å². The molecular formula is C10H12FNO. The van der Waals surface area contributed by atoms with Crippen molar-refractivity contribution in [2.75, 3.05) is 6.54 Å². The van der Waals surface area contributed by atoms with Gasteiger partial charge in [0.25, 0.3) is 0 Å². The van der Waals surface area contributed by atoms with Gasteiger partial charge in [-0.3, -0.25) is 4.99 Å². The number of benzene rings is 1. The minimum Gasteiger partial charge on any atom is -0.507 e. The van der Waals surface area contributed by atoms with Gasteiger partial charge in [0.15, 0.2) is 0 Å². The molecule has 0 amide bonds. The zero-order valence-corrected chi connectivity index (χ0v) is 7.71. The summed E-state index contributed by atoms with van der Waals surface area (Å²) in [4.78, 5) is 4.12. The van der Waals surface area contributed by atoms with E-state index in [1.165, 1.54) is 12.1 Å². The molecule has 0 heterocycles. The fourth-order valence-corrected chi connectivity index (χ4v) is 1.13. The van der Waals surface area contributed by atoms with E-state index in [4.69, 9.17) is 0 Å². The molecule has 1 aromatic rings.